The first-order valence-corrected chi connectivity index (χ1v) is 9.99. The Kier molecular flexibility index (Phi) is 63.6. The summed E-state index contributed by atoms with van der Waals surface area (Å²) in [5.74, 6) is 2.96. The standard InChI is InChI=1S/2C7H16N2S2.2Ni.Pd/c2*10-6-4-8-2-1-3-9-5-7-11;;;/h2*10-11H,1-7H2;;;/q2*-2;2*+2;/p-4. The maximum atomic E-state index is 4.74. The number of hydrogen-bond acceptors (Lipinski definition) is 4. The smallest absolute Gasteiger partial charge is 0.794 e. The van der Waals surface area contributed by atoms with Crippen molar-refractivity contribution in [3.05, 3.63) is 21.3 Å². The van der Waals surface area contributed by atoms with E-state index < -0.39 is 0 Å². The van der Waals surface area contributed by atoms with Crippen molar-refractivity contribution in [2.24, 2.45) is 0 Å². The summed E-state index contributed by atoms with van der Waals surface area (Å²) in [6.07, 6.45) is 2.09. The Morgan fingerprint density at radius 1 is 0.400 bits per heavy atom. The van der Waals surface area contributed by atoms with Crippen LogP contribution in [-0.4, -0.2) is 75.4 Å². The fraction of sp³-hybridized carbons (Fsp3) is 1.00. The monoisotopic (exact) mass is 602 g/mol. The Bertz CT molecular complexity index is 161. The van der Waals surface area contributed by atoms with E-state index in [0.717, 1.165) is 88.2 Å². The Hall–Kier alpha value is 2.89. The van der Waals surface area contributed by atoms with Crippen molar-refractivity contribution < 1.29 is 53.4 Å². The van der Waals surface area contributed by atoms with Gasteiger partial charge in [0, 0.05) is 20.4 Å². The molecule has 0 aromatic carbocycles. The maximum Gasteiger partial charge on any atom is 2.00 e. The van der Waals surface area contributed by atoms with Crippen LogP contribution >= 0.6 is 0 Å². The molecule has 0 aliphatic carbocycles. The fourth-order valence-electron chi connectivity index (χ4n) is 1.29. The zero-order chi connectivity index (χ0) is 16.7. The molecular weight excluding hydrogens is 576 g/mol. The molecule has 0 unspecified atom stereocenters. The average molecular weight is 604 g/mol. The van der Waals surface area contributed by atoms with Gasteiger partial charge in [-0.15, -0.1) is 0 Å². The second-order valence-electron chi connectivity index (χ2n) is 4.21. The molecule has 11 heteroatoms. The van der Waals surface area contributed by atoms with Crippen molar-refractivity contribution in [1.82, 2.24) is 0 Å². The molecule has 0 amide bonds. The van der Waals surface area contributed by atoms with Crippen LogP contribution in [0.3, 0.4) is 0 Å². The molecule has 0 aliphatic heterocycles. The summed E-state index contributed by atoms with van der Waals surface area (Å²) in [4.78, 5) is 0. The molecule has 0 aliphatic rings. The van der Waals surface area contributed by atoms with Crippen molar-refractivity contribution in [2.45, 2.75) is 12.8 Å². The van der Waals surface area contributed by atoms with Crippen molar-refractivity contribution in [1.29, 1.82) is 0 Å². The summed E-state index contributed by atoms with van der Waals surface area (Å²) in [5, 5.41) is 16.8. The summed E-state index contributed by atoms with van der Waals surface area (Å²) in [6.45, 7) is 6.86. The van der Waals surface area contributed by atoms with Crippen LogP contribution in [0.5, 0.6) is 0 Å². The van der Waals surface area contributed by atoms with E-state index in [1.807, 2.05) is 0 Å². The molecule has 0 saturated carbocycles. The molecule has 0 aromatic heterocycles. The topological polar surface area (TPSA) is 56.4 Å². The molecule has 0 fully saturated rings. The first kappa shape index (κ1) is 38.5. The van der Waals surface area contributed by atoms with Gasteiger partial charge < -0.3 is 71.8 Å². The van der Waals surface area contributed by atoms with Gasteiger partial charge in [-0.1, -0.05) is 12.8 Å². The van der Waals surface area contributed by atoms with Gasteiger partial charge in [0.1, 0.15) is 0 Å². The molecule has 162 valence electrons. The SMILES string of the molecule is [Ni+2].[Ni+2].[Pd].[S-]CC[N-]CCC[N-]CC[S-].[S-]CC[N-]CCC[N-]CC[S-]. The molecule has 0 spiro atoms. The molecule has 0 aromatic rings. The Labute approximate surface area is 211 Å². The Balaban J connectivity index is -0.0000000952. The van der Waals surface area contributed by atoms with E-state index in [1.54, 1.807) is 0 Å². The van der Waals surface area contributed by atoms with Crippen LogP contribution < -0.4 is 0 Å². The number of nitrogens with zero attached hydrogens (tertiary/aromatic N) is 4. The number of rotatable bonds is 16. The first-order valence-electron chi connectivity index (χ1n) is 7.68. The predicted molar refractivity (Wildman–Crippen MR) is 111 cm³/mol. The summed E-state index contributed by atoms with van der Waals surface area (Å²) in [5.41, 5.74) is 0. The van der Waals surface area contributed by atoms with Crippen LogP contribution in [-0.2, 0) is 104 Å². The minimum absolute atomic E-state index is 0. The minimum atomic E-state index is 0. The normalized spacial score (nSPS) is 9.12. The Morgan fingerprint density at radius 2 is 0.600 bits per heavy atom. The van der Waals surface area contributed by atoms with Crippen molar-refractivity contribution in [3.8, 4) is 0 Å². The molecular formula is C14H28N4Ni2PdS4-4. The Morgan fingerprint density at radius 3 is 0.760 bits per heavy atom. The van der Waals surface area contributed by atoms with Crippen LogP contribution in [0.4, 0.5) is 0 Å². The first-order chi connectivity index (χ1) is 10.8. The second-order valence-corrected chi connectivity index (χ2v) is 5.84. The van der Waals surface area contributed by atoms with E-state index in [1.165, 1.54) is 0 Å². The van der Waals surface area contributed by atoms with Gasteiger partial charge >= 0.3 is 33.0 Å². The molecule has 0 N–H and O–H groups in total. The van der Waals surface area contributed by atoms with Gasteiger partial charge in [-0.05, 0) is 0 Å². The van der Waals surface area contributed by atoms with Crippen LogP contribution in [0, 0.1) is 0 Å². The molecule has 0 atom stereocenters. The molecule has 0 bridgehead atoms. The van der Waals surface area contributed by atoms with Gasteiger partial charge in [-0.2, -0.15) is 75.4 Å². The van der Waals surface area contributed by atoms with Crippen LogP contribution in [0.15, 0.2) is 0 Å². The quantitative estimate of drug-likeness (QED) is 0.154. The third kappa shape index (κ3) is 46.7. The molecule has 0 radical (unpaired) electrons. The van der Waals surface area contributed by atoms with E-state index in [4.69, 9.17) is 50.5 Å². The number of hydrogen-bond donors (Lipinski definition) is 0. The summed E-state index contributed by atoms with van der Waals surface area (Å²) in [7, 11) is 0. The molecule has 4 nitrogen and oxygen atoms in total. The van der Waals surface area contributed by atoms with Gasteiger partial charge in [0.05, 0.1) is 0 Å². The average Bonchev–Trinajstić information content (AvgIpc) is 2.54. The third-order valence-electron chi connectivity index (χ3n) is 2.26. The second kappa shape index (κ2) is 41.3. The summed E-state index contributed by atoms with van der Waals surface area (Å²) in [6, 6.07) is 0. The largest absolute Gasteiger partial charge is 2.00 e. The van der Waals surface area contributed by atoms with E-state index in [-0.39, 0.29) is 53.4 Å². The van der Waals surface area contributed by atoms with Crippen molar-refractivity contribution >= 4 is 50.5 Å². The molecule has 0 rings (SSSR count). The van der Waals surface area contributed by atoms with Gasteiger partial charge in [0.2, 0.25) is 0 Å². The van der Waals surface area contributed by atoms with Crippen LogP contribution in [0.2, 0.25) is 0 Å². The molecule has 25 heavy (non-hydrogen) atoms. The van der Waals surface area contributed by atoms with Crippen LogP contribution in [0.1, 0.15) is 12.8 Å². The van der Waals surface area contributed by atoms with E-state index in [9.17, 15) is 0 Å². The predicted octanol–water partition coefficient (Wildman–Crippen LogP) is 2.43. The minimum Gasteiger partial charge on any atom is -0.794 e. The zero-order valence-corrected chi connectivity index (χ0v) is 21.1. The van der Waals surface area contributed by atoms with Gasteiger partial charge in [-0.3, -0.25) is 0 Å². The van der Waals surface area contributed by atoms with E-state index >= 15 is 0 Å². The van der Waals surface area contributed by atoms with Gasteiger partial charge in [0.15, 0.2) is 0 Å². The fourth-order valence-corrected chi connectivity index (χ4v) is 1.81. The summed E-state index contributed by atoms with van der Waals surface area (Å²) < 4.78 is 0. The van der Waals surface area contributed by atoms with Crippen LogP contribution in [0.25, 0.3) is 21.3 Å². The third-order valence-corrected chi connectivity index (χ3v) is 2.99. The zero-order valence-electron chi connectivity index (χ0n) is 14.3. The van der Waals surface area contributed by atoms with Gasteiger partial charge in [0.25, 0.3) is 0 Å². The summed E-state index contributed by atoms with van der Waals surface area (Å²) >= 11 is 19.0. The molecule has 0 saturated heterocycles. The molecule has 0 heterocycles. The maximum absolute atomic E-state index is 4.74. The van der Waals surface area contributed by atoms with E-state index in [0.29, 0.717) is 0 Å². The van der Waals surface area contributed by atoms with Crippen molar-refractivity contribution in [3.63, 3.8) is 0 Å². The van der Waals surface area contributed by atoms with E-state index in [2.05, 4.69) is 21.3 Å². The van der Waals surface area contributed by atoms with Gasteiger partial charge in [-0.25, -0.2) is 0 Å². The van der Waals surface area contributed by atoms with Crippen molar-refractivity contribution in [2.75, 3.05) is 75.4 Å².